The molecule has 0 radical (unpaired) electrons. The molecule has 5 amide bonds. The van der Waals surface area contributed by atoms with Gasteiger partial charge in [0.1, 0.15) is 18.1 Å². The van der Waals surface area contributed by atoms with E-state index in [1.165, 1.54) is 18.3 Å². The number of aromatic nitrogens is 1. The predicted octanol–water partition coefficient (Wildman–Crippen LogP) is 0.384. The summed E-state index contributed by atoms with van der Waals surface area (Å²) >= 11 is 1.20. The number of aliphatic imine (C=N–C) groups is 1. The van der Waals surface area contributed by atoms with E-state index in [4.69, 9.17) is 22.9 Å². The second-order valence-electron chi connectivity index (χ2n) is 12.2. The van der Waals surface area contributed by atoms with Crippen LogP contribution in [0.15, 0.2) is 29.3 Å². The van der Waals surface area contributed by atoms with Gasteiger partial charge in [-0.3, -0.25) is 33.8 Å². The highest BCUT2D eigenvalue weighted by atomic mass is 32.1. The molecule has 2 aromatic rings. The Bertz CT molecular complexity index is 1460. The Balaban J connectivity index is -0.00000625. The van der Waals surface area contributed by atoms with Crippen molar-refractivity contribution in [3.8, 4) is 0 Å². The number of carbonyl (C=O) groups is 6. The first kappa shape index (κ1) is 54.1. The number of hydrogen-bond acceptors (Lipinski definition) is 10. The number of para-hydroxylation sites is 1. The van der Waals surface area contributed by atoms with Crippen LogP contribution in [-0.4, -0.2) is 83.5 Å². The number of primary amides is 1. The zero-order valence-corrected chi connectivity index (χ0v) is 35.1. The second kappa shape index (κ2) is 28.2. The Morgan fingerprint density at radius 3 is 1.85 bits per heavy atom. The van der Waals surface area contributed by atoms with Gasteiger partial charge in [0, 0.05) is 19.9 Å². The third-order valence-corrected chi connectivity index (χ3v) is 8.43. The molecule has 0 aliphatic rings. The van der Waals surface area contributed by atoms with Crippen molar-refractivity contribution in [1.29, 1.82) is 0 Å². The van der Waals surface area contributed by atoms with E-state index in [2.05, 4.69) is 31.2 Å². The van der Waals surface area contributed by atoms with Crippen molar-refractivity contribution in [3.05, 3.63) is 29.3 Å². The summed E-state index contributed by atoms with van der Waals surface area (Å²) in [7, 11) is 0. The summed E-state index contributed by atoms with van der Waals surface area (Å²) in [5, 5.41) is 10.9. The molecule has 0 fully saturated rings. The first-order chi connectivity index (χ1) is 23.2. The highest BCUT2D eigenvalue weighted by Gasteiger charge is 2.32. The molecular weight excluding hydrogens is 781 g/mol. The van der Waals surface area contributed by atoms with Gasteiger partial charge in [-0.1, -0.05) is 26.0 Å². The van der Waals surface area contributed by atoms with Crippen molar-refractivity contribution in [1.82, 2.24) is 26.3 Å². The van der Waals surface area contributed by atoms with Gasteiger partial charge in [-0.2, -0.15) is 54.0 Å². The van der Waals surface area contributed by atoms with E-state index in [0.717, 1.165) is 4.70 Å². The van der Waals surface area contributed by atoms with Crippen LogP contribution in [0.25, 0.3) is 10.2 Å². The van der Waals surface area contributed by atoms with Crippen LogP contribution >= 0.6 is 65.3 Å². The fraction of sp³-hybridized carbons (Fsp3) is 0.562. The molecule has 0 saturated heterocycles. The maximum Gasteiger partial charge on any atom is 0.243 e. The molecule has 0 unspecified atom stereocenters. The van der Waals surface area contributed by atoms with Gasteiger partial charge in [-0.15, -0.1) is 11.3 Å². The Labute approximate surface area is 342 Å². The molecule has 12 N–H and O–H groups in total. The number of nitrogens with one attached hydrogen (secondary N) is 4. The minimum atomic E-state index is -1.26. The summed E-state index contributed by atoms with van der Waals surface area (Å²) in [6.07, 6.45) is 1.81. The zero-order valence-electron chi connectivity index (χ0n) is 30.3. The molecule has 2 rings (SSSR count). The lowest BCUT2D eigenvalue weighted by Crippen LogP contribution is -2.58. The fourth-order valence-corrected chi connectivity index (χ4v) is 5.94. The molecule has 0 aliphatic carbocycles. The summed E-state index contributed by atoms with van der Waals surface area (Å²) in [4.78, 5) is 86.2. The van der Waals surface area contributed by atoms with E-state index < -0.39 is 59.5 Å². The van der Waals surface area contributed by atoms with E-state index in [1.807, 2.05) is 32.0 Å². The molecular formula is C32H58N10O6S5. The van der Waals surface area contributed by atoms with E-state index in [1.54, 1.807) is 6.07 Å². The first-order valence-electron chi connectivity index (χ1n) is 16.3. The molecule has 0 bridgehead atoms. The number of nitrogens with zero attached hydrogens (tertiary/aromatic N) is 2. The largest absolute Gasteiger partial charge is 0.370 e. The number of nitrogens with two attached hydrogens (primary N) is 4. The zero-order chi connectivity index (χ0) is 36.5. The molecule has 302 valence electrons. The number of amides is 5. The number of rotatable bonds is 22. The normalized spacial score (nSPS) is 12.5. The molecule has 1 heterocycles. The van der Waals surface area contributed by atoms with Crippen molar-refractivity contribution < 1.29 is 28.8 Å². The van der Waals surface area contributed by atoms with Gasteiger partial charge < -0.3 is 44.2 Å². The maximum absolute atomic E-state index is 13.8. The smallest absolute Gasteiger partial charge is 0.243 e. The number of guanidine groups is 1. The van der Waals surface area contributed by atoms with Crippen molar-refractivity contribution in [2.75, 3.05) is 13.1 Å². The summed E-state index contributed by atoms with van der Waals surface area (Å²) in [6, 6.07) is 2.95. The van der Waals surface area contributed by atoms with Gasteiger partial charge in [-0.05, 0) is 69.5 Å². The Morgan fingerprint density at radius 1 is 0.755 bits per heavy atom. The Kier molecular flexibility index (Phi) is 28.8. The van der Waals surface area contributed by atoms with Crippen LogP contribution in [0.2, 0.25) is 0 Å². The molecule has 0 aliphatic heterocycles. The number of unbranched alkanes of at least 4 members (excludes halogenated alkanes) is 1. The highest BCUT2D eigenvalue weighted by molar-refractivity contribution is 7.59. The SMILES string of the molecule is CC(=O)N[C@@H](CCCCN)C(=O)N[C@@H](CCC(N)=O)C(=O)N[C@@H](CC(C)C)C(=O)N[C@@H](CCCN=C(N)N)C(=O)c1nc2ccccc2s1.S.S.S.S. The van der Waals surface area contributed by atoms with E-state index in [-0.39, 0.29) is 110 Å². The monoisotopic (exact) mass is 838 g/mol. The third-order valence-electron chi connectivity index (χ3n) is 7.38. The third kappa shape index (κ3) is 20.1. The first-order valence-corrected chi connectivity index (χ1v) is 17.1. The van der Waals surface area contributed by atoms with Crippen molar-refractivity contribution in [2.24, 2.45) is 33.8 Å². The van der Waals surface area contributed by atoms with Gasteiger partial charge in [0.25, 0.3) is 0 Å². The Morgan fingerprint density at radius 2 is 1.30 bits per heavy atom. The van der Waals surface area contributed by atoms with Crippen LogP contribution in [0.4, 0.5) is 0 Å². The lowest BCUT2D eigenvalue weighted by atomic mass is 10.00. The van der Waals surface area contributed by atoms with Crippen LogP contribution in [-0.2, 0) is 24.0 Å². The molecule has 0 spiro atoms. The number of Topliss-reactive ketones (excluding diaryl/α,β-unsaturated/α-hetero) is 1. The minimum absolute atomic E-state index is 0. The van der Waals surface area contributed by atoms with Crippen LogP contribution in [0.3, 0.4) is 0 Å². The lowest BCUT2D eigenvalue weighted by molar-refractivity contribution is -0.134. The summed E-state index contributed by atoms with van der Waals surface area (Å²) in [5.41, 5.74) is 22.4. The molecule has 16 nitrogen and oxygen atoms in total. The van der Waals surface area contributed by atoms with Gasteiger partial charge in [0.2, 0.25) is 35.3 Å². The van der Waals surface area contributed by atoms with Crippen molar-refractivity contribution in [2.45, 2.75) is 96.3 Å². The topological polar surface area (TPSA) is 280 Å². The van der Waals surface area contributed by atoms with Crippen LogP contribution in [0.5, 0.6) is 0 Å². The van der Waals surface area contributed by atoms with Gasteiger partial charge >= 0.3 is 0 Å². The van der Waals surface area contributed by atoms with E-state index in [9.17, 15) is 28.8 Å². The number of benzene rings is 1. The van der Waals surface area contributed by atoms with E-state index >= 15 is 0 Å². The average Bonchev–Trinajstić information content (AvgIpc) is 3.47. The highest BCUT2D eigenvalue weighted by Crippen LogP contribution is 2.23. The van der Waals surface area contributed by atoms with Crippen LogP contribution in [0, 0.1) is 5.92 Å². The Hall–Kier alpha value is -3.24. The molecule has 4 atom stereocenters. The summed E-state index contributed by atoms with van der Waals surface area (Å²) in [5.74, 6) is -3.70. The fourth-order valence-electron chi connectivity index (χ4n) is 4.98. The standard InChI is InChI=1S/C32H50N10O6S.4H2S/c1-18(2)17-24(41-29(47)23(13-14-26(34)44)40-28(46)22(38-19(3)43)10-6-7-15-33)30(48)39-21(11-8-16-37-32(35)36)27(45)31-42-20-9-4-5-12-25(20)49-31;;;;/h4-5,9,12,18,21-24H,6-8,10-11,13-17,33H2,1-3H3,(H2,34,44)(H,38,43)(H,39,48)(H,40,46)(H,41,47)(H4,35,36,37);4*1H2/t21-,22-,23-,24-;;;;/m0..../s1. The number of carbonyl (C=O) groups excluding carboxylic acids is 6. The van der Waals surface area contributed by atoms with Crippen LogP contribution in [0.1, 0.15) is 81.9 Å². The van der Waals surface area contributed by atoms with Crippen molar-refractivity contribution >= 4 is 117 Å². The van der Waals surface area contributed by atoms with Crippen LogP contribution < -0.4 is 44.2 Å². The molecule has 0 saturated carbocycles. The van der Waals surface area contributed by atoms with E-state index in [0.29, 0.717) is 31.3 Å². The molecule has 1 aromatic carbocycles. The number of ketones is 1. The van der Waals surface area contributed by atoms with Gasteiger partial charge in [-0.25, -0.2) is 4.98 Å². The van der Waals surface area contributed by atoms with Crippen molar-refractivity contribution in [3.63, 3.8) is 0 Å². The summed E-state index contributed by atoms with van der Waals surface area (Å²) < 4.78 is 0.811. The average molecular weight is 839 g/mol. The minimum Gasteiger partial charge on any atom is -0.370 e. The number of thiazole rings is 1. The lowest BCUT2D eigenvalue weighted by Gasteiger charge is -2.27. The molecule has 21 heteroatoms. The predicted molar refractivity (Wildman–Crippen MR) is 230 cm³/mol. The van der Waals surface area contributed by atoms with Gasteiger partial charge in [0.05, 0.1) is 16.3 Å². The molecule has 53 heavy (non-hydrogen) atoms. The number of fused-ring (bicyclic) bond motifs is 1. The maximum atomic E-state index is 13.8. The quantitative estimate of drug-likeness (QED) is 0.0349. The second-order valence-corrected chi connectivity index (χ2v) is 13.2. The summed E-state index contributed by atoms with van der Waals surface area (Å²) in [6.45, 7) is 5.61. The van der Waals surface area contributed by atoms with Gasteiger partial charge in [0.15, 0.2) is 11.0 Å². The number of hydrogen-bond donors (Lipinski definition) is 8. The molecule has 1 aromatic heterocycles.